The van der Waals surface area contributed by atoms with Crippen LogP contribution in [0.1, 0.15) is 40.5 Å². The van der Waals surface area contributed by atoms with E-state index in [0.29, 0.717) is 0 Å². The van der Waals surface area contributed by atoms with Gasteiger partial charge in [0.25, 0.3) is 0 Å². The van der Waals surface area contributed by atoms with Crippen LogP contribution in [0.4, 0.5) is 0 Å². The van der Waals surface area contributed by atoms with Gasteiger partial charge in [-0.3, -0.25) is 0 Å². The van der Waals surface area contributed by atoms with Gasteiger partial charge in [0.15, 0.2) is 0 Å². The van der Waals surface area contributed by atoms with Crippen molar-refractivity contribution in [2.45, 2.75) is 52.7 Å². The zero-order chi connectivity index (χ0) is 12.1. The molecule has 2 N–H and O–H groups in total. The Kier molecular flexibility index (Phi) is 6.41. The van der Waals surface area contributed by atoms with E-state index in [1.165, 1.54) is 0 Å². The highest BCUT2D eigenvalue weighted by molar-refractivity contribution is 4.73. The molecule has 0 saturated heterocycles. The summed E-state index contributed by atoms with van der Waals surface area (Å²) in [6, 6.07) is 0. The van der Waals surface area contributed by atoms with Gasteiger partial charge in [0.1, 0.15) is 0 Å². The fourth-order valence-corrected chi connectivity index (χ4v) is 1.29. The van der Waals surface area contributed by atoms with E-state index in [9.17, 15) is 5.11 Å². The summed E-state index contributed by atoms with van der Waals surface area (Å²) in [5.41, 5.74) is -0.0366. The van der Waals surface area contributed by atoms with E-state index in [2.05, 4.69) is 4.90 Å². The van der Waals surface area contributed by atoms with E-state index < -0.39 is 0 Å². The number of hydrogen-bond donors (Lipinski definition) is 2. The first kappa shape index (κ1) is 14.9. The first-order valence-electron chi connectivity index (χ1n) is 5.78. The zero-order valence-corrected chi connectivity index (χ0v) is 10.8. The molecule has 0 aromatic heterocycles. The van der Waals surface area contributed by atoms with Crippen molar-refractivity contribution in [3.8, 4) is 0 Å². The standard InChI is InChI=1S/C12H27NO2/c1-10(14)6-8-13(5)9-7-11(15)12(2,3)4/h10-11,14-15H,6-9H2,1-5H3. The summed E-state index contributed by atoms with van der Waals surface area (Å²) in [6.45, 7) is 9.71. The highest BCUT2D eigenvalue weighted by Gasteiger charge is 2.21. The minimum atomic E-state index is -0.258. The van der Waals surface area contributed by atoms with Gasteiger partial charge in [-0.2, -0.15) is 0 Å². The molecule has 3 nitrogen and oxygen atoms in total. The van der Waals surface area contributed by atoms with Crippen LogP contribution in [0.3, 0.4) is 0 Å². The van der Waals surface area contributed by atoms with E-state index in [1.807, 2.05) is 27.8 Å². The molecule has 0 aromatic carbocycles. The summed E-state index contributed by atoms with van der Waals surface area (Å²) >= 11 is 0. The third-order valence-electron chi connectivity index (χ3n) is 2.71. The maximum absolute atomic E-state index is 9.84. The number of rotatable bonds is 6. The van der Waals surface area contributed by atoms with Crippen molar-refractivity contribution >= 4 is 0 Å². The minimum absolute atomic E-state index is 0.0366. The van der Waals surface area contributed by atoms with Crippen molar-refractivity contribution in [1.29, 1.82) is 0 Å². The van der Waals surface area contributed by atoms with Gasteiger partial charge >= 0.3 is 0 Å². The maximum Gasteiger partial charge on any atom is 0.0600 e. The fourth-order valence-electron chi connectivity index (χ4n) is 1.29. The fraction of sp³-hybridized carbons (Fsp3) is 1.00. The van der Waals surface area contributed by atoms with Gasteiger partial charge in [-0.1, -0.05) is 20.8 Å². The molecule has 0 aromatic rings. The summed E-state index contributed by atoms with van der Waals surface area (Å²) in [5.74, 6) is 0. The van der Waals surface area contributed by atoms with Crippen LogP contribution in [-0.4, -0.2) is 47.5 Å². The molecule has 3 heteroatoms. The molecule has 92 valence electrons. The Balaban J connectivity index is 3.66. The highest BCUT2D eigenvalue weighted by atomic mass is 16.3. The monoisotopic (exact) mass is 217 g/mol. The summed E-state index contributed by atoms with van der Waals surface area (Å²) in [6.07, 6.45) is 1.09. The van der Waals surface area contributed by atoms with Gasteiger partial charge in [0, 0.05) is 13.1 Å². The van der Waals surface area contributed by atoms with Gasteiger partial charge in [-0.15, -0.1) is 0 Å². The lowest BCUT2D eigenvalue weighted by Gasteiger charge is -2.27. The molecule has 15 heavy (non-hydrogen) atoms. The zero-order valence-electron chi connectivity index (χ0n) is 10.8. The minimum Gasteiger partial charge on any atom is -0.393 e. The molecule has 0 aliphatic heterocycles. The van der Waals surface area contributed by atoms with Crippen molar-refractivity contribution in [1.82, 2.24) is 4.90 Å². The van der Waals surface area contributed by atoms with Crippen LogP contribution in [0.15, 0.2) is 0 Å². The summed E-state index contributed by atoms with van der Waals surface area (Å²) in [7, 11) is 2.03. The predicted molar refractivity (Wildman–Crippen MR) is 63.9 cm³/mol. The van der Waals surface area contributed by atoms with Crippen LogP contribution >= 0.6 is 0 Å². The molecule has 0 heterocycles. The normalized spacial score (nSPS) is 16.8. The molecular formula is C12H27NO2. The van der Waals surface area contributed by atoms with Crippen molar-refractivity contribution < 1.29 is 10.2 Å². The molecule has 0 bridgehead atoms. The Morgan fingerprint density at radius 3 is 1.93 bits per heavy atom. The molecule has 0 fully saturated rings. The van der Waals surface area contributed by atoms with Gasteiger partial charge < -0.3 is 15.1 Å². The molecule has 0 aliphatic rings. The van der Waals surface area contributed by atoms with Gasteiger partial charge in [-0.05, 0) is 32.2 Å². The predicted octanol–water partition coefficient (Wildman–Crippen LogP) is 1.49. The quantitative estimate of drug-likeness (QED) is 0.708. The first-order valence-corrected chi connectivity index (χ1v) is 5.78. The smallest absolute Gasteiger partial charge is 0.0600 e. The Hall–Kier alpha value is -0.120. The summed E-state index contributed by atoms with van der Waals surface area (Å²) < 4.78 is 0. The molecule has 0 rings (SSSR count). The third-order valence-corrected chi connectivity index (χ3v) is 2.71. The lowest BCUT2D eigenvalue weighted by Crippen LogP contribution is -2.32. The van der Waals surface area contributed by atoms with E-state index in [1.54, 1.807) is 6.92 Å². The topological polar surface area (TPSA) is 43.7 Å². The second-order valence-corrected chi connectivity index (χ2v) is 5.61. The second-order valence-electron chi connectivity index (χ2n) is 5.61. The molecule has 0 spiro atoms. The first-order chi connectivity index (χ1) is 6.73. The molecule has 0 aliphatic carbocycles. The largest absolute Gasteiger partial charge is 0.393 e. The number of aliphatic hydroxyl groups excluding tert-OH is 2. The molecule has 2 atom stereocenters. The lowest BCUT2D eigenvalue weighted by atomic mass is 9.87. The second kappa shape index (κ2) is 6.46. The van der Waals surface area contributed by atoms with E-state index in [0.717, 1.165) is 25.9 Å². The van der Waals surface area contributed by atoms with E-state index in [4.69, 9.17) is 5.11 Å². The summed E-state index contributed by atoms with van der Waals surface area (Å²) in [5, 5.41) is 19.0. The van der Waals surface area contributed by atoms with Crippen LogP contribution in [0.5, 0.6) is 0 Å². The van der Waals surface area contributed by atoms with Crippen LogP contribution in [0, 0.1) is 5.41 Å². The Morgan fingerprint density at radius 2 is 1.53 bits per heavy atom. The molecule has 0 amide bonds. The lowest BCUT2D eigenvalue weighted by molar-refractivity contribution is 0.0467. The average molecular weight is 217 g/mol. The van der Waals surface area contributed by atoms with Gasteiger partial charge in [0.2, 0.25) is 0 Å². The maximum atomic E-state index is 9.84. The van der Waals surface area contributed by atoms with E-state index >= 15 is 0 Å². The molecular weight excluding hydrogens is 190 g/mol. The third kappa shape index (κ3) is 7.77. The van der Waals surface area contributed by atoms with E-state index in [-0.39, 0.29) is 17.6 Å². The molecule has 2 unspecified atom stereocenters. The highest BCUT2D eigenvalue weighted by Crippen LogP contribution is 2.21. The SMILES string of the molecule is CC(O)CCN(C)CCC(O)C(C)(C)C. The van der Waals surface area contributed by atoms with Crippen molar-refractivity contribution in [2.75, 3.05) is 20.1 Å². The van der Waals surface area contributed by atoms with Crippen molar-refractivity contribution in [3.05, 3.63) is 0 Å². The Morgan fingerprint density at radius 1 is 1.07 bits per heavy atom. The average Bonchev–Trinajstić information content (AvgIpc) is 2.09. The number of nitrogens with zero attached hydrogens (tertiary/aromatic N) is 1. The van der Waals surface area contributed by atoms with Crippen molar-refractivity contribution in [2.24, 2.45) is 5.41 Å². The summed E-state index contributed by atoms with van der Waals surface area (Å²) in [4.78, 5) is 2.15. The van der Waals surface area contributed by atoms with Crippen LogP contribution in [-0.2, 0) is 0 Å². The van der Waals surface area contributed by atoms with Crippen LogP contribution < -0.4 is 0 Å². The van der Waals surface area contributed by atoms with Gasteiger partial charge in [-0.25, -0.2) is 0 Å². The van der Waals surface area contributed by atoms with Crippen LogP contribution in [0.25, 0.3) is 0 Å². The van der Waals surface area contributed by atoms with Crippen LogP contribution in [0.2, 0.25) is 0 Å². The molecule has 0 saturated carbocycles. The van der Waals surface area contributed by atoms with Crippen molar-refractivity contribution in [3.63, 3.8) is 0 Å². The Bertz CT molecular complexity index is 163. The van der Waals surface area contributed by atoms with Gasteiger partial charge in [0.05, 0.1) is 12.2 Å². The number of aliphatic hydroxyl groups is 2. The molecule has 0 radical (unpaired) electrons. The number of hydrogen-bond acceptors (Lipinski definition) is 3. The Labute approximate surface area is 94.1 Å².